The van der Waals surface area contributed by atoms with E-state index in [-0.39, 0.29) is 5.41 Å². The lowest BCUT2D eigenvalue weighted by Crippen LogP contribution is -2.32. The fraction of sp³-hybridized carbons (Fsp3) is 1.00. The van der Waals surface area contributed by atoms with Gasteiger partial charge < -0.3 is 10.0 Å². The van der Waals surface area contributed by atoms with Gasteiger partial charge in [0.1, 0.15) is 0 Å². The lowest BCUT2D eigenvalue weighted by atomic mass is 9.82. The second kappa shape index (κ2) is 3.35. The van der Waals surface area contributed by atoms with E-state index in [0.717, 1.165) is 13.1 Å². The van der Waals surface area contributed by atoms with Crippen molar-refractivity contribution in [2.24, 2.45) is 11.3 Å². The summed E-state index contributed by atoms with van der Waals surface area (Å²) in [4.78, 5) is 2.45. The molecule has 1 N–H and O–H groups in total. The summed E-state index contributed by atoms with van der Waals surface area (Å²) in [5.41, 5.74) is 0.129. The van der Waals surface area contributed by atoms with Crippen LogP contribution in [0, 0.1) is 11.3 Å². The van der Waals surface area contributed by atoms with E-state index in [1.54, 1.807) is 0 Å². The Morgan fingerprint density at radius 2 is 2.17 bits per heavy atom. The molecule has 72 valence electrons. The molecule has 1 rings (SSSR count). The zero-order valence-electron chi connectivity index (χ0n) is 8.67. The summed E-state index contributed by atoms with van der Waals surface area (Å²) < 4.78 is 0. The van der Waals surface area contributed by atoms with Crippen LogP contribution in [0.2, 0.25) is 0 Å². The third-order valence-corrected chi connectivity index (χ3v) is 3.35. The summed E-state index contributed by atoms with van der Waals surface area (Å²) >= 11 is 0. The van der Waals surface area contributed by atoms with Crippen molar-refractivity contribution in [3.05, 3.63) is 0 Å². The highest BCUT2D eigenvalue weighted by Crippen LogP contribution is 2.35. The van der Waals surface area contributed by atoms with Gasteiger partial charge in [-0.15, -0.1) is 0 Å². The summed E-state index contributed by atoms with van der Waals surface area (Å²) in [7, 11) is 0. The maximum atomic E-state index is 9.27. The van der Waals surface area contributed by atoms with Gasteiger partial charge in [0.15, 0.2) is 0 Å². The first-order valence-corrected chi connectivity index (χ1v) is 4.84. The van der Waals surface area contributed by atoms with E-state index in [4.69, 9.17) is 0 Å². The van der Waals surface area contributed by atoms with Crippen molar-refractivity contribution in [1.29, 1.82) is 0 Å². The first-order chi connectivity index (χ1) is 5.49. The standard InChI is InChI=1S/C10H21NO/c1-8(2)11-5-9(3)10(4,6-11)7-12/h8-9,12H,5-7H2,1-4H3. The van der Waals surface area contributed by atoms with Crippen LogP contribution in [0.1, 0.15) is 27.7 Å². The van der Waals surface area contributed by atoms with Crippen LogP contribution in [0.3, 0.4) is 0 Å². The van der Waals surface area contributed by atoms with E-state index in [1.165, 1.54) is 0 Å². The van der Waals surface area contributed by atoms with Crippen LogP contribution in [0.4, 0.5) is 0 Å². The molecule has 1 heterocycles. The van der Waals surface area contributed by atoms with E-state index in [2.05, 4.69) is 32.6 Å². The van der Waals surface area contributed by atoms with Gasteiger partial charge in [0.25, 0.3) is 0 Å². The highest BCUT2D eigenvalue weighted by Gasteiger charge is 2.40. The molecular formula is C10H21NO. The van der Waals surface area contributed by atoms with Crippen molar-refractivity contribution in [2.45, 2.75) is 33.7 Å². The van der Waals surface area contributed by atoms with Gasteiger partial charge in [0, 0.05) is 31.2 Å². The summed E-state index contributed by atoms with van der Waals surface area (Å²) in [6.07, 6.45) is 0. The number of hydrogen-bond donors (Lipinski definition) is 1. The van der Waals surface area contributed by atoms with Crippen molar-refractivity contribution in [3.8, 4) is 0 Å². The summed E-state index contributed by atoms with van der Waals surface area (Å²) in [6, 6.07) is 0.612. The molecule has 0 saturated carbocycles. The van der Waals surface area contributed by atoms with Gasteiger partial charge in [-0.1, -0.05) is 13.8 Å². The minimum atomic E-state index is 0.129. The molecule has 0 spiro atoms. The molecule has 2 unspecified atom stereocenters. The zero-order chi connectivity index (χ0) is 9.35. The molecule has 1 fully saturated rings. The second-order valence-corrected chi connectivity index (χ2v) is 4.74. The van der Waals surface area contributed by atoms with Gasteiger partial charge in [-0.05, 0) is 19.8 Å². The van der Waals surface area contributed by atoms with E-state index in [0.29, 0.717) is 18.6 Å². The predicted molar refractivity (Wildman–Crippen MR) is 51.1 cm³/mol. The van der Waals surface area contributed by atoms with Crippen LogP contribution in [-0.4, -0.2) is 35.7 Å². The lowest BCUT2D eigenvalue weighted by Gasteiger charge is -2.26. The third kappa shape index (κ3) is 1.64. The molecular weight excluding hydrogens is 150 g/mol. The Labute approximate surface area is 75.6 Å². The first kappa shape index (κ1) is 10.0. The Bertz CT molecular complexity index is 158. The zero-order valence-corrected chi connectivity index (χ0v) is 8.67. The molecule has 0 radical (unpaired) electrons. The predicted octanol–water partition coefficient (Wildman–Crippen LogP) is 1.35. The van der Waals surface area contributed by atoms with E-state index < -0.39 is 0 Å². The molecule has 0 aromatic carbocycles. The maximum Gasteiger partial charge on any atom is 0.0500 e. The van der Waals surface area contributed by atoms with E-state index >= 15 is 0 Å². The molecule has 0 aromatic rings. The minimum absolute atomic E-state index is 0.129. The molecule has 0 aromatic heterocycles. The lowest BCUT2D eigenvalue weighted by molar-refractivity contribution is 0.114. The van der Waals surface area contributed by atoms with Crippen LogP contribution in [0.25, 0.3) is 0 Å². The van der Waals surface area contributed by atoms with Crippen LogP contribution in [-0.2, 0) is 0 Å². The Kier molecular flexibility index (Phi) is 2.79. The van der Waals surface area contributed by atoms with E-state index in [1.807, 2.05) is 0 Å². The van der Waals surface area contributed by atoms with Gasteiger partial charge >= 0.3 is 0 Å². The Morgan fingerprint density at radius 1 is 1.58 bits per heavy atom. The van der Waals surface area contributed by atoms with Crippen LogP contribution >= 0.6 is 0 Å². The van der Waals surface area contributed by atoms with Crippen LogP contribution < -0.4 is 0 Å². The average molecular weight is 171 g/mol. The van der Waals surface area contributed by atoms with E-state index in [9.17, 15) is 5.11 Å². The Morgan fingerprint density at radius 3 is 2.42 bits per heavy atom. The van der Waals surface area contributed by atoms with Crippen molar-refractivity contribution in [1.82, 2.24) is 4.90 Å². The molecule has 12 heavy (non-hydrogen) atoms. The molecule has 1 aliphatic heterocycles. The van der Waals surface area contributed by atoms with Crippen LogP contribution in [0.15, 0.2) is 0 Å². The van der Waals surface area contributed by atoms with Gasteiger partial charge in [0.2, 0.25) is 0 Å². The molecule has 2 nitrogen and oxygen atoms in total. The van der Waals surface area contributed by atoms with Crippen molar-refractivity contribution in [3.63, 3.8) is 0 Å². The number of aliphatic hydroxyl groups excluding tert-OH is 1. The molecule has 0 aliphatic carbocycles. The second-order valence-electron chi connectivity index (χ2n) is 4.74. The minimum Gasteiger partial charge on any atom is -0.396 e. The highest BCUT2D eigenvalue weighted by molar-refractivity contribution is 4.92. The molecule has 0 bridgehead atoms. The van der Waals surface area contributed by atoms with Crippen molar-refractivity contribution in [2.75, 3.05) is 19.7 Å². The van der Waals surface area contributed by atoms with Crippen molar-refractivity contribution >= 4 is 0 Å². The fourth-order valence-corrected chi connectivity index (χ4v) is 1.86. The normalized spacial score (nSPS) is 38.0. The Balaban J connectivity index is 2.61. The number of hydrogen-bond acceptors (Lipinski definition) is 2. The topological polar surface area (TPSA) is 23.5 Å². The molecule has 1 saturated heterocycles. The average Bonchev–Trinajstić information content (AvgIpc) is 2.30. The van der Waals surface area contributed by atoms with Gasteiger partial charge in [-0.3, -0.25) is 0 Å². The third-order valence-electron chi connectivity index (χ3n) is 3.35. The maximum absolute atomic E-state index is 9.27. The molecule has 0 amide bonds. The summed E-state index contributed by atoms with van der Waals surface area (Å²) in [5.74, 6) is 0.616. The summed E-state index contributed by atoms with van der Waals surface area (Å²) in [6.45, 7) is 11.3. The largest absolute Gasteiger partial charge is 0.396 e. The van der Waals surface area contributed by atoms with Gasteiger partial charge in [-0.2, -0.15) is 0 Å². The van der Waals surface area contributed by atoms with Crippen molar-refractivity contribution < 1.29 is 5.11 Å². The quantitative estimate of drug-likeness (QED) is 0.678. The number of likely N-dealkylation sites (tertiary alicyclic amines) is 1. The highest BCUT2D eigenvalue weighted by atomic mass is 16.3. The number of rotatable bonds is 2. The smallest absolute Gasteiger partial charge is 0.0500 e. The van der Waals surface area contributed by atoms with Gasteiger partial charge in [-0.25, -0.2) is 0 Å². The fourth-order valence-electron chi connectivity index (χ4n) is 1.86. The summed E-state index contributed by atoms with van der Waals surface area (Å²) in [5, 5.41) is 9.27. The number of aliphatic hydroxyl groups is 1. The van der Waals surface area contributed by atoms with Gasteiger partial charge in [0.05, 0.1) is 0 Å². The monoisotopic (exact) mass is 171 g/mol. The number of nitrogens with zero attached hydrogens (tertiary/aromatic N) is 1. The Hall–Kier alpha value is -0.0800. The molecule has 1 aliphatic rings. The molecule has 2 heteroatoms. The van der Waals surface area contributed by atoms with Crippen LogP contribution in [0.5, 0.6) is 0 Å². The molecule has 2 atom stereocenters. The first-order valence-electron chi connectivity index (χ1n) is 4.84. The SMILES string of the molecule is CC(C)N1CC(C)C(C)(CO)C1.